The first-order valence-corrected chi connectivity index (χ1v) is 13.3. The lowest BCUT2D eigenvalue weighted by atomic mass is 10.2. The van der Waals surface area contributed by atoms with Crippen LogP contribution in [0.2, 0.25) is 15.1 Å². The van der Waals surface area contributed by atoms with Gasteiger partial charge in [-0.25, -0.2) is 4.98 Å². The second kappa shape index (κ2) is 11.3. The quantitative estimate of drug-likeness (QED) is 0.146. The van der Waals surface area contributed by atoms with Gasteiger partial charge in [0.1, 0.15) is 17.0 Å². The normalized spacial score (nSPS) is 11.3. The number of hydrogen-bond donors (Lipinski definition) is 2. The minimum absolute atomic E-state index is 0.117. The Balaban J connectivity index is 1.22. The summed E-state index contributed by atoms with van der Waals surface area (Å²) in [6.07, 6.45) is 2.85. The van der Waals surface area contributed by atoms with Crippen molar-refractivity contribution in [2.45, 2.75) is 0 Å². The number of anilines is 1. The van der Waals surface area contributed by atoms with E-state index >= 15 is 0 Å². The van der Waals surface area contributed by atoms with Gasteiger partial charge < -0.3 is 14.2 Å². The summed E-state index contributed by atoms with van der Waals surface area (Å²) in [6, 6.07) is 19.3. The molecule has 0 aliphatic carbocycles. The van der Waals surface area contributed by atoms with E-state index in [1.165, 1.54) is 12.2 Å². The third-order valence-corrected chi connectivity index (χ3v) is 6.68. The lowest BCUT2D eigenvalue weighted by Gasteiger charge is -2.07. The number of nitrogens with zero attached hydrogens (tertiary/aromatic N) is 1. The van der Waals surface area contributed by atoms with E-state index in [1.807, 2.05) is 12.1 Å². The molecule has 0 aliphatic heterocycles. The third-order valence-electron chi connectivity index (χ3n) is 5.21. The highest BCUT2D eigenvalue weighted by atomic mass is 79.9. The number of aromatic nitrogens is 1. The average molecular weight is 648 g/mol. The fourth-order valence-corrected chi connectivity index (χ4v) is 4.85. The number of amides is 1. The average Bonchev–Trinajstić information content (AvgIpc) is 3.50. The van der Waals surface area contributed by atoms with Crippen molar-refractivity contribution in [1.29, 1.82) is 0 Å². The van der Waals surface area contributed by atoms with Crippen LogP contribution in [0, 0.1) is 0 Å². The first-order valence-electron chi connectivity index (χ1n) is 11.0. The molecule has 2 heterocycles. The van der Waals surface area contributed by atoms with E-state index in [2.05, 4.69) is 31.5 Å². The van der Waals surface area contributed by atoms with Crippen molar-refractivity contribution in [2.24, 2.45) is 0 Å². The molecule has 2 aromatic heterocycles. The fraction of sp³-hybridized carbons (Fsp3) is 0. The zero-order valence-electron chi connectivity index (χ0n) is 19.1. The highest BCUT2D eigenvalue weighted by Crippen LogP contribution is 2.33. The second-order valence-corrected chi connectivity index (χ2v) is 10.6. The number of nitrogens with one attached hydrogen (secondary N) is 2. The number of fused-ring (bicyclic) bond motifs is 1. The first-order chi connectivity index (χ1) is 18.2. The summed E-state index contributed by atoms with van der Waals surface area (Å²) in [6.45, 7) is 0. The molecule has 2 N–H and O–H groups in total. The van der Waals surface area contributed by atoms with Gasteiger partial charge in [0.25, 0.3) is 0 Å². The molecule has 3 aromatic carbocycles. The lowest BCUT2D eigenvalue weighted by Crippen LogP contribution is -2.32. The standard InChI is InChI=1S/C27H15BrCl3N3O3S/c28-15-1-5-21(31)20(11-15)26-33-22-13-18(2-6-24(22)37-26)32-27(38)34-25(35)8-4-19-3-7-23(36-19)14-9-16(29)12-17(30)10-14/h1-13H,(H2,32,34,35,38)/b8-4+. The highest BCUT2D eigenvalue weighted by Gasteiger charge is 2.13. The Kier molecular flexibility index (Phi) is 7.88. The predicted octanol–water partition coefficient (Wildman–Crippen LogP) is 9.00. The van der Waals surface area contributed by atoms with E-state index in [0.717, 1.165) is 10.0 Å². The van der Waals surface area contributed by atoms with Crippen LogP contribution in [0.1, 0.15) is 5.76 Å². The number of oxazole rings is 1. The molecule has 0 radical (unpaired) electrons. The van der Waals surface area contributed by atoms with Gasteiger partial charge in [-0.05, 0) is 85.0 Å². The monoisotopic (exact) mass is 645 g/mol. The molecular formula is C27H15BrCl3N3O3S. The zero-order valence-corrected chi connectivity index (χ0v) is 23.8. The summed E-state index contributed by atoms with van der Waals surface area (Å²) in [5.74, 6) is 1.01. The lowest BCUT2D eigenvalue weighted by molar-refractivity contribution is -0.115. The Hall–Kier alpha value is -3.14. The number of furan rings is 1. The number of hydrogen-bond acceptors (Lipinski definition) is 5. The molecule has 0 saturated heterocycles. The summed E-state index contributed by atoms with van der Waals surface area (Å²) >= 11 is 27.1. The molecule has 0 atom stereocenters. The van der Waals surface area contributed by atoms with Gasteiger partial charge in [0.05, 0.1) is 10.6 Å². The Morgan fingerprint density at radius 2 is 1.74 bits per heavy atom. The van der Waals surface area contributed by atoms with E-state index in [-0.39, 0.29) is 5.11 Å². The first kappa shape index (κ1) is 26.5. The maximum Gasteiger partial charge on any atom is 0.250 e. The molecule has 38 heavy (non-hydrogen) atoms. The number of carbonyl (C=O) groups excluding carboxylic acids is 1. The molecule has 0 unspecified atom stereocenters. The van der Waals surface area contributed by atoms with Gasteiger partial charge in [0, 0.05) is 31.8 Å². The van der Waals surface area contributed by atoms with Gasteiger partial charge in [-0.1, -0.05) is 50.7 Å². The van der Waals surface area contributed by atoms with Gasteiger partial charge in [-0.15, -0.1) is 0 Å². The van der Waals surface area contributed by atoms with Crippen molar-refractivity contribution in [3.8, 4) is 22.8 Å². The zero-order chi connectivity index (χ0) is 26.8. The van der Waals surface area contributed by atoms with E-state index < -0.39 is 5.91 Å². The maximum atomic E-state index is 12.4. The van der Waals surface area contributed by atoms with Gasteiger partial charge in [-0.2, -0.15) is 0 Å². The summed E-state index contributed by atoms with van der Waals surface area (Å²) in [5, 5.41) is 7.20. The smallest absolute Gasteiger partial charge is 0.250 e. The van der Waals surface area contributed by atoms with Crippen molar-refractivity contribution in [3.63, 3.8) is 0 Å². The van der Waals surface area contributed by atoms with Gasteiger partial charge >= 0.3 is 0 Å². The molecule has 5 aromatic rings. The predicted molar refractivity (Wildman–Crippen MR) is 160 cm³/mol. The van der Waals surface area contributed by atoms with E-state index in [9.17, 15) is 4.79 Å². The number of rotatable bonds is 5. The van der Waals surface area contributed by atoms with Crippen LogP contribution in [0.3, 0.4) is 0 Å². The molecule has 1 amide bonds. The van der Waals surface area contributed by atoms with Crippen molar-refractivity contribution in [2.75, 3.05) is 5.32 Å². The highest BCUT2D eigenvalue weighted by molar-refractivity contribution is 9.10. The molecule has 0 bridgehead atoms. The molecule has 0 spiro atoms. The van der Waals surface area contributed by atoms with Crippen LogP contribution >= 0.6 is 63.0 Å². The SMILES string of the molecule is O=C(/C=C/c1ccc(-c2cc(Cl)cc(Cl)c2)o1)NC(=S)Nc1ccc2oc(-c3cc(Br)ccc3Cl)nc2c1. The van der Waals surface area contributed by atoms with Crippen LogP contribution in [-0.4, -0.2) is 16.0 Å². The molecule has 0 aliphatic rings. The Bertz CT molecular complexity index is 1710. The Labute approximate surface area is 245 Å². The Morgan fingerprint density at radius 3 is 2.53 bits per heavy atom. The van der Waals surface area contributed by atoms with Crippen LogP contribution < -0.4 is 10.6 Å². The number of carbonyl (C=O) groups is 1. The fourth-order valence-electron chi connectivity index (χ4n) is 3.55. The van der Waals surface area contributed by atoms with Crippen molar-refractivity contribution in [1.82, 2.24) is 10.3 Å². The Morgan fingerprint density at radius 1 is 0.947 bits per heavy atom. The summed E-state index contributed by atoms with van der Waals surface area (Å²) in [7, 11) is 0. The molecule has 0 saturated carbocycles. The van der Waals surface area contributed by atoms with E-state index in [1.54, 1.807) is 54.6 Å². The number of thiocarbonyl (C=S) groups is 1. The number of halogens is 4. The largest absolute Gasteiger partial charge is 0.457 e. The van der Waals surface area contributed by atoms with Gasteiger partial charge in [0.2, 0.25) is 11.8 Å². The maximum absolute atomic E-state index is 12.4. The minimum atomic E-state index is -0.430. The number of benzene rings is 3. The van der Waals surface area contributed by atoms with Crippen LogP contribution in [0.5, 0.6) is 0 Å². The van der Waals surface area contributed by atoms with Crippen molar-refractivity contribution in [3.05, 3.63) is 98.1 Å². The molecule has 6 nitrogen and oxygen atoms in total. The van der Waals surface area contributed by atoms with Crippen LogP contribution in [0.15, 0.2) is 86.1 Å². The molecule has 0 fully saturated rings. The van der Waals surface area contributed by atoms with Crippen LogP contribution in [-0.2, 0) is 4.79 Å². The van der Waals surface area contributed by atoms with Crippen LogP contribution in [0.25, 0.3) is 40.0 Å². The topological polar surface area (TPSA) is 80.3 Å². The molecule has 190 valence electrons. The summed E-state index contributed by atoms with van der Waals surface area (Å²) in [4.78, 5) is 16.9. The van der Waals surface area contributed by atoms with Gasteiger partial charge in [0.15, 0.2) is 10.7 Å². The molecule has 5 rings (SSSR count). The van der Waals surface area contributed by atoms with Crippen LogP contribution in [0.4, 0.5) is 5.69 Å². The van der Waals surface area contributed by atoms with E-state index in [0.29, 0.717) is 54.8 Å². The minimum Gasteiger partial charge on any atom is -0.457 e. The molecular weight excluding hydrogens is 633 g/mol. The summed E-state index contributed by atoms with van der Waals surface area (Å²) < 4.78 is 12.5. The third kappa shape index (κ3) is 6.28. The second-order valence-electron chi connectivity index (χ2n) is 7.96. The van der Waals surface area contributed by atoms with E-state index in [4.69, 9.17) is 55.9 Å². The van der Waals surface area contributed by atoms with Crippen molar-refractivity contribution < 1.29 is 13.6 Å². The van der Waals surface area contributed by atoms with Gasteiger partial charge in [-0.3, -0.25) is 10.1 Å². The molecule has 11 heteroatoms. The van der Waals surface area contributed by atoms with Crippen molar-refractivity contribution >= 4 is 96.8 Å². The summed E-state index contributed by atoms with van der Waals surface area (Å²) in [5.41, 5.74) is 3.21.